The van der Waals surface area contributed by atoms with E-state index in [9.17, 15) is 5.11 Å². The summed E-state index contributed by atoms with van der Waals surface area (Å²) in [7, 11) is 0. The van der Waals surface area contributed by atoms with Gasteiger partial charge >= 0.3 is 0 Å². The molecule has 1 atom stereocenters. The fraction of sp³-hybridized carbons (Fsp3) is 0.538. The lowest BCUT2D eigenvalue weighted by atomic mass is 9.93. The summed E-state index contributed by atoms with van der Waals surface area (Å²) in [5, 5.41) is 12.7. The minimum absolute atomic E-state index is 0.253. The van der Waals surface area contributed by atoms with Crippen LogP contribution in [0.1, 0.15) is 36.8 Å². The van der Waals surface area contributed by atoms with Crippen LogP contribution in [0.5, 0.6) is 0 Å². The Kier molecular flexibility index (Phi) is 3.27. The molecule has 0 saturated heterocycles. The van der Waals surface area contributed by atoms with Gasteiger partial charge in [-0.3, -0.25) is 0 Å². The summed E-state index contributed by atoms with van der Waals surface area (Å²) in [5.74, 6) is 0.303. The van der Waals surface area contributed by atoms with Crippen molar-refractivity contribution >= 4 is 5.69 Å². The first-order chi connectivity index (χ1) is 7.35. The number of nitrogens with one attached hydrogen (secondary N) is 1. The van der Waals surface area contributed by atoms with Gasteiger partial charge in [0, 0.05) is 24.8 Å². The SMILES string of the molecule is CCC(CO)c1ccc2c(c1)CCCN2. The van der Waals surface area contributed by atoms with Crippen LogP contribution in [0.3, 0.4) is 0 Å². The van der Waals surface area contributed by atoms with E-state index in [2.05, 4.69) is 30.4 Å². The molecule has 0 spiro atoms. The van der Waals surface area contributed by atoms with E-state index in [1.807, 2.05) is 0 Å². The number of hydrogen-bond acceptors (Lipinski definition) is 2. The molecule has 2 rings (SSSR count). The topological polar surface area (TPSA) is 32.3 Å². The minimum atomic E-state index is 0.253. The average Bonchev–Trinajstić information content (AvgIpc) is 2.30. The minimum Gasteiger partial charge on any atom is -0.396 e. The van der Waals surface area contributed by atoms with Crippen molar-refractivity contribution in [3.8, 4) is 0 Å². The van der Waals surface area contributed by atoms with Gasteiger partial charge in [0.15, 0.2) is 0 Å². The molecule has 0 amide bonds. The van der Waals surface area contributed by atoms with Crippen LogP contribution in [0.25, 0.3) is 0 Å². The third kappa shape index (κ3) is 2.15. The van der Waals surface area contributed by atoms with Crippen molar-refractivity contribution in [2.45, 2.75) is 32.1 Å². The first kappa shape index (κ1) is 10.5. The molecule has 0 bridgehead atoms. The van der Waals surface area contributed by atoms with Crippen molar-refractivity contribution in [3.63, 3.8) is 0 Å². The van der Waals surface area contributed by atoms with Crippen LogP contribution < -0.4 is 5.32 Å². The standard InChI is InChI=1S/C13H19NO/c1-2-10(9-15)11-5-6-13-12(8-11)4-3-7-14-13/h5-6,8,10,14-15H,2-4,7,9H2,1H3. The van der Waals surface area contributed by atoms with E-state index in [1.54, 1.807) is 0 Å². The maximum atomic E-state index is 9.27. The van der Waals surface area contributed by atoms with Gasteiger partial charge in [0.1, 0.15) is 0 Å². The number of rotatable bonds is 3. The summed E-state index contributed by atoms with van der Waals surface area (Å²) < 4.78 is 0. The number of hydrogen-bond donors (Lipinski definition) is 2. The number of aliphatic hydroxyl groups excluding tert-OH is 1. The predicted octanol–water partition coefficient (Wildman–Crippen LogP) is 2.53. The van der Waals surface area contributed by atoms with Crippen LogP contribution in [0.15, 0.2) is 18.2 Å². The maximum absolute atomic E-state index is 9.27. The van der Waals surface area contributed by atoms with E-state index in [0.29, 0.717) is 5.92 Å². The van der Waals surface area contributed by atoms with Gasteiger partial charge in [-0.2, -0.15) is 0 Å². The third-order valence-electron chi connectivity index (χ3n) is 3.25. The van der Waals surface area contributed by atoms with Gasteiger partial charge in [-0.25, -0.2) is 0 Å². The van der Waals surface area contributed by atoms with Crippen molar-refractivity contribution in [2.75, 3.05) is 18.5 Å². The number of aryl methyl sites for hydroxylation is 1. The number of aliphatic hydroxyl groups is 1. The quantitative estimate of drug-likeness (QED) is 0.794. The molecule has 2 heteroatoms. The van der Waals surface area contributed by atoms with Gasteiger partial charge in [0.2, 0.25) is 0 Å². The normalized spacial score (nSPS) is 16.7. The van der Waals surface area contributed by atoms with E-state index in [1.165, 1.54) is 23.2 Å². The smallest absolute Gasteiger partial charge is 0.0499 e. The van der Waals surface area contributed by atoms with Crippen LogP contribution in [0.4, 0.5) is 5.69 Å². The zero-order chi connectivity index (χ0) is 10.7. The Labute approximate surface area is 91.3 Å². The van der Waals surface area contributed by atoms with Crippen LogP contribution in [-0.2, 0) is 6.42 Å². The van der Waals surface area contributed by atoms with Crippen molar-refractivity contribution in [3.05, 3.63) is 29.3 Å². The molecular weight excluding hydrogens is 186 g/mol. The second-order valence-electron chi connectivity index (χ2n) is 4.23. The summed E-state index contributed by atoms with van der Waals surface area (Å²) in [4.78, 5) is 0. The highest BCUT2D eigenvalue weighted by atomic mass is 16.3. The Hall–Kier alpha value is -1.02. The number of anilines is 1. The highest BCUT2D eigenvalue weighted by Crippen LogP contribution is 2.27. The van der Waals surface area contributed by atoms with Gasteiger partial charge in [-0.15, -0.1) is 0 Å². The van der Waals surface area contributed by atoms with E-state index in [0.717, 1.165) is 19.4 Å². The molecule has 2 nitrogen and oxygen atoms in total. The Bertz CT molecular complexity index is 331. The molecule has 0 fully saturated rings. The number of fused-ring (bicyclic) bond motifs is 1. The van der Waals surface area contributed by atoms with Crippen molar-refractivity contribution in [2.24, 2.45) is 0 Å². The van der Waals surface area contributed by atoms with Crippen molar-refractivity contribution in [1.29, 1.82) is 0 Å². The highest BCUT2D eigenvalue weighted by molar-refractivity contribution is 5.54. The third-order valence-corrected chi connectivity index (χ3v) is 3.25. The zero-order valence-electron chi connectivity index (χ0n) is 9.29. The molecule has 0 saturated carbocycles. The molecule has 0 aromatic heterocycles. The fourth-order valence-corrected chi connectivity index (χ4v) is 2.22. The molecule has 1 heterocycles. The molecule has 1 aromatic rings. The lowest BCUT2D eigenvalue weighted by Crippen LogP contribution is -2.12. The van der Waals surface area contributed by atoms with E-state index in [4.69, 9.17) is 0 Å². The summed E-state index contributed by atoms with van der Waals surface area (Å²) in [6, 6.07) is 6.55. The summed E-state index contributed by atoms with van der Waals surface area (Å²) in [5.41, 5.74) is 3.96. The lowest BCUT2D eigenvalue weighted by Gasteiger charge is -2.20. The molecule has 1 aliphatic rings. The number of benzene rings is 1. The second kappa shape index (κ2) is 4.67. The highest BCUT2D eigenvalue weighted by Gasteiger charge is 2.12. The summed E-state index contributed by atoms with van der Waals surface area (Å²) in [6.07, 6.45) is 3.38. The van der Waals surface area contributed by atoms with Crippen LogP contribution in [0.2, 0.25) is 0 Å². The first-order valence-electron chi connectivity index (χ1n) is 5.82. The molecule has 1 unspecified atom stereocenters. The van der Waals surface area contributed by atoms with Gasteiger partial charge in [-0.05, 0) is 36.5 Å². The lowest BCUT2D eigenvalue weighted by molar-refractivity contribution is 0.262. The van der Waals surface area contributed by atoms with Gasteiger partial charge in [0.25, 0.3) is 0 Å². The van der Waals surface area contributed by atoms with Crippen LogP contribution in [0, 0.1) is 0 Å². The zero-order valence-corrected chi connectivity index (χ0v) is 9.29. The van der Waals surface area contributed by atoms with E-state index >= 15 is 0 Å². The second-order valence-corrected chi connectivity index (χ2v) is 4.23. The predicted molar refractivity (Wildman–Crippen MR) is 63.4 cm³/mol. The van der Waals surface area contributed by atoms with Crippen LogP contribution in [-0.4, -0.2) is 18.3 Å². The van der Waals surface area contributed by atoms with Crippen molar-refractivity contribution in [1.82, 2.24) is 0 Å². The molecular formula is C13H19NO. The molecule has 0 radical (unpaired) electrons. The Morgan fingerprint density at radius 1 is 1.47 bits per heavy atom. The van der Waals surface area contributed by atoms with Gasteiger partial charge in [0.05, 0.1) is 0 Å². The first-order valence-corrected chi connectivity index (χ1v) is 5.82. The Morgan fingerprint density at radius 3 is 3.07 bits per heavy atom. The largest absolute Gasteiger partial charge is 0.396 e. The van der Waals surface area contributed by atoms with Crippen molar-refractivity contribution < 1.29 is 5.11 Å². The van der Waals surface area contributed by atoms with E-state index in [-0.39, 0.29) is 6.61 Å². The van der Waals surface area contributed by atoms with E-state index < -0.39 is 0 Å². The average molecular weight is 205 g/mol. The van der Waals surface area contributed by atoms with Crippen LogP contribution >= 0.6 is 0 Å². The maximum Gasteiger partial charge on any atom is 0.0499 e. The van der Waals surface area contributed by atoms with Gasteiger partial charge in [-0.1, -0.05) is 19.1 Å². The Balaban J connectivity index is 2.27. The molecule has 0 aliphatic carbocycles. The molecule has 1 aromatic carbocycles. The molecule has 2 N–H and O–H groups in total. The summed E-state index contributed by atoms with van der Waals surface area (Å²) in [6.45, 7) is 3.46. The Morgan fingerprint density at radius 2 is 2.33 bits per heavy atom. The monoisotopic (exact) mass is 205 g/mol. The molecule has 15 heavy (non-hydrogen) atoms. The molecule has 82 valence electrons. The summed E-state index contributed by atoms with van der Waals surface area (Å²) >= 11 is 0. The van der Waals surface area contributed by atoms with Gasteiger partial charge < -0.3 is 10.4 Å². The fourth-order valence-electron chi connectivity index (χ4n) is 2.22. The molecule has 1 aliphatic heterocycles.